The maximum atomic E-state index is 11.6. The van der Waals surface area contributed by atoms with E-state index in [2.05, 4.69) is 10.6 Å². The van der Waals surface area contributed by atoms with E-state index in [1.807, 2.05) is 13.8 Å². The second kappa shape index (κ2) is 5.89. The van der Waals surface area contributed by atoms with Crippen molar-refractivity contribution in [2.24, 2.45) is 5.73 Å². The molecule has 1 atom stereocenters. The SMILES string of the molecule is CCC(C)NC(=O)Nc1ccccc1C(N)=O. The molecule has 0 fully saturated rings. The predicted octanol–water partition coefficient (Wildman–Crippen LogP) is 1.71. The highest BCUT2D eigenvalue weighted by atomic mass is 16.2. The van der Waals surface area contributed by atoms with E-state index in [0.29, 0.717) is 11.3 Å². The van der Waals surface area contributed by atoms with E-state index in [4.69, 9.17) is 5.73 Å². The zero-order chi connectivity index (χ0) is 12.8. The molecule has 92 valence electrons. The summed E-state index contributed by atoms with van der Waals surface area (Å²) in [5.74, 6) is -0.565. The monoisotopic (exact) mass is 235 g/mol. The molecule has 1 unspecified atom stereocenters. The zero-order valence-corrected chi connectivity index (χ0v) is 9.99. The van der Waals surface area contributed by atoms with Gasteiger partial charge in [-0.1, -0.05) is 19.1 Å². The van der Waals surface area contributed by atoms with Gasteiger partial charge in [0.05, 0.1) is 11.3 Å². The van der Waals surface area contributed by atoms with Crippen molar-refractivity contribution in [3.05, 3.63) is 29.8 Å². The molecule has 1 rings (SSSR count). The van der Waals surface area contributed by atoms with Gasteiger partial charge in [0.15, 0.2) is 0 Å². The molecule has 0 aliphatic rings. The molecule has 1 aromatic rings. The second-order valence-electron chi connectivity index (χ2n) is 3.82. The third-order valence-electron chi connectivity index (χ3n) is 2.43. The minimum absolute atomic E-state index is 0.0794. The topological polar surface area (TPSA) is 84.2 Å². The van der Waals surface area contributed by atoms with Crippen LogP contribution < -0.4 is 16.4 Å². The van der Waals surface area contributed by atoms with Gasteiger partial charge < -0.3 is 16.4 Å². The number of rotatable bonds is 4. The number of urea groups is 1. The Labute approximate surface area is 100 Å². The molecule has 1 aromatic carbocycles. The van der Waals surface area contributed by atoms with Crippen molar-refractivity contribution in [1.29, 1.82) is 0 Å². The van der Waals surface area contributed by atoms with E-state index in [1.165, 1.54) is 0 Å². The van der Waals surface area contributed by atoms with Crippen molar-refractivity contribution in [3.63, 3.8) is 0 Å². The van der Waals surface area contributed by atoms with Gasteiger partial charge in [0, 0.05) is 6.04 Å². The average Bonchev–Trinajstić information content (AvgIpc) is 2.29. The van der Waals surface area contributed by atoms with Gasteiger partial charge in [-0.3, -0.25) is 4.79 Å². The lowest BCUT2D eigenvalue weighted by Crippen LogP contribution is -2.36. The number of primary amides is 1. The Balaban J connectivity index is 2.74. The average molecular weight is 235 g/mol. The van der Waals surface area contributed by atoms with E-state index in [0.717, 1.165) is 6.42 Å². The summed E-state index contributed by atoms with van der Waals surface area (Å²) in [6, 6.07) is 6.37. The number of hydrogen-bond acceptors (Lipinski definition) is 2. The van der Waals surface area contributed by atoms with Gasteiger partial charge >= 0.3 is 6.03 Å². The Kier molecular flexibility index (Phi) is 4.51. The van der Waals surface area contributed by atoms with Gasteiger partial charge in [-0.2, -0.15) is 0 Å². The Bertz CT molecular complexity index is 418. The number of benzene rings is 1. The Morgan fingerprint density at radius 2 is 2.00 bits per heavy atom. The van der Waals surface area contributed by atoms with Gasteiger partial charge in [-0.25, -0.2) is 4.79 Å². The highest BCUT2D eigenvalue weighted by Crippen LogP contribution is 2.13. The fourth-order valence-electron chi connectivity index (χ4n) is 1.29. The maximum Gasteiger partial charge on any atom is 0.319 e. The molecule has 0 aliphatic carbocycles. The number of carbonyl (C=O) groups excluding carboxylic acids is 2. The van der Waals surface area contributed by atoms with Crippen molar-refractivity contribution in [2.75, 3.05) is 5.32 Å². The zero-order valence-electron chi connectivity index (χ0n) is 9.99. The van der Waals surface area contributed by atoms with Gasteiger partial charge in [-0.05, 0) is 25.5 Å². The summed E-state index contributed by atoms with van der Waals surface area (Å²) >= 11 is 0. The van der Waals surface area contributed by atoms with Crippen LogP contribution in [0.25, 0.3) is 0 Å². The Hall–Kier alpha value is -2.04. The summed E-state index contributed by atoms with van der Waals surface area (Å²) in [7, 11) is 0. The minimum atomic E-state index is -0.565. The highest BCUT2D eigenvalue weighted by molar-refractivity contribution is 6.02. The molecular weight excluding hydrogens is 218 g/mol. The molecule has 0 saturated carbocycles. The normalized spacial score (nSPS) is 11.6. The molecule has 0 radical (unpaired) electrons. The Morgan fingerprint density at radius 3 is 2.59 bits per heavy atom. The van der Waals surface area contributed by atoms with Crippen LogP contribution in [0.5, 0.6) is 0 Å². The number of nitrogens with two attached hydrogens (primary N) is 1. The van der Waals surface area contributed by atoms with Crippen LogP contribution in [0.15, 0.2) is 24.3 Å². The fraction of sp³-hybridized carbons (Fsp3) is 0.333. The van der Waals surface area contributed by atoms with Crippen molar-refractivity contribution in [2.45, 2.75) is 26.3 Å². The van der Waals surface area contributed by atoms with E-state index >= 15 is 0 Å². The number of carbonyl (C=O) groups is 2. The number of anilines is 1. The summed E-state index contributed by atoms with van der Waals surface area (Å²) < 4.78 is 0. The molecular formula is C12H17N3O2. The molecule has 0 bridgehead atoms. The van der Waals surface area contributed by atoms with Crippen LogP contribution in [0.1, 0.15) is 30.6 Å². The quantitative estimate of drug-likeness (QED) is 0.742. The molecule has 0 heterocycles. The third kappa shape index (κ3) is 3.79. The second-order valence-corrected chi connectivity index (χ2v) is 3.82. The summed E-state index contributed by atoms with van der Waals surface area (Å²) in [6.07, 6.45) is 0.838. The smallest absolute Gasteiger partial charge is 0.319 e. The van der Waals surface area contributed by atoms with E-state index in [1.54, 1.807) is 24.3 Å². The van der Waals surface area contributed by atoms with E-state index in [9.17, 15) is 9.59 Å². The lowest BCUT2D eigenvalue weighted by Gasteiger charge is -2.13. The van der Waals surface area contributed by atoms with Crippen molar-refractivity contribution in [3.8, 4) is 0 Å². The first-order valence-electron chi connectivity index (χ1n) is 5.51. The first-order valence-corrected chi connectivity index (χ1v) is 5.51. The van der Waals surface area contributed by atoms with Gasteiger partial charge in [0.25, 0.3) is 5.91 Å². The molecule has 5 heteroatoms. The number of hydrogen-bond donors (Lipinski definition) is 3. The third-order valence-corrected chi connectivity index (χ3v) is 2.43. The number of nitrogens with one attached hydrogen (secondary N) is 2. The number of para-hydroxylation sites is 1. The summed E-state index contributed by atoms with van der Waals surface area (Å²) in [5, 5.41) is 5.35. The van der Waals surface area contributed by atoms with Gasteiger partial charge in [-0.15, -0.1) is 0 Å². The number of amides is 3. The van der Waals surface area contributed by atoms with Gasteiger partial charge in [0.2, 0.25) is 0 Å². The van der Waals surface area contributed by atoms with Crippen LogP contribution in [0.2, 0.25) is 0 Å². The lowest BCUT2D eigenvalue weighted by atomic mass is 10.1. The molecule has 3 amide bonds. The largest absolute Gasteiger partial charge is 0.366 e. The summed E-state index contributed by atoms with van der Waals surface area (Å²) in [6.45, 7) is 3.88. The molecule has 17 heavy (non-hydrogen) atoms. The minimum Gasteiger partial charge on any atom is -0.366 e. The van der Waals surface area contributed by atoms with Crippen LogP contribution in [-0.4, -0.2) is 18.0 Å². The molecule has 4 N–H and O–H groups in total. The van der Waals surface area contributed by atoms with Gasteiger partial charge in [0.1, 0.15) is 0 Å². The first-order chi connectivity index (χ1) is 8.04. The fourth-order valence-corrected chi connectivity index (χ4v) is 1.29. The van der Waals surface area contributed by atoms with Crippen LogP contribution in [0.4, 0.5) is 10.5 Å². The molecule has 0 spiro atoms. The van der Waals surface area contributed by atoms with Crippen molar-refractivity contribution < 1.29 is 9.59 Å². The van der Waals surface area contributed by atoms with Crippen molar-refractivity contribution in [1.82, 2.24) is 5.32 Å². The molecule has 5 nitrogen and oxygen atoms in total. The Morgan fingerprint density at radius 1 is 1.35 bits per heavy atom. The standard InChI is InChI=1S/C12H17N3O2/c1-3-8(2)14-12(17)15-10-7-5-4-6-9(10)11(13)16/h4-8H,3H2,1-2H3,(H2,13,16)(H2,14,15,17). The first kappa shape index (κ1) is 13.0. The lowest BCUT2D eigenvalue weighted by molar-refractivity contribution is 0.100. The predicted molar refractivity (Wildman–Crippen MR) is 66.9 cm³/mol. The van der Waals surface area contributed by atoms with Crippen molar-refractivity contribution >= 4 is 17.6 Å². The maximum absolute atomic E-state index is 11.6. The summed E-state index contributed by atoms with van der Waals surface area (Å²) in [5.41, 5.74) is 5.92. The summed E-state index contributed by atoms with van der Waals surface area (Å²) in [4.78, 5) is 22.7. The molecule has 0 aromatic heterocycles. The van der Waals surface area contributed by atoms with Crippen LogP contribution in [-0.2, 0) is 0 Å². The van der Waals surface area contributed by atoms with E-state index in [-0.39, 0.29) is 12.1 Å². The molecule has 0 aliphatic heterocycles. The van der Waals surface area contributed by atoms with Crippen LogP contribution in [0, 0.1) is 0 Å². The van der Waals surface area contributed by atoms with Crippen LogP contribution >= 0.6 is 0 Å². The highest BCUT2D eigenvalue weighted by Gasteiger charge is 2.10. The van der Waals surface area contributed by atoms with Crippen LogP contribution in [0.3, 0.4) is 0 Å². The molecule has 0 saturated heterocycles. The van der Waals surface area contributed by atoms with E-state index < -0.39 is 5.91 Å².